The minimum atomic E-state index is -0.0413. The molecule has 4 rings (SSSR count). The van der Waals surface area contributed by atoms with Gasteiger partial charge >= 0.3 is 0 Å². The van der Waals surface area contributed by atoms with Gasteiger partial charge in [-0.05, 0) is 43.2 Å². The summed E-state index contributed by atoms with van der Waals surface area (Å²) in [6.45, 7) is 7.59. The summed E-state index contributed by atoms with van der Waals surface area (Å²) in [5.74, 6) is 5.06. The van der Waals surface area contributed by atoms with Gasteiger partial charge in [-0.3, -0.25) is 0 Å². The van der Waals surface area contributed by atoms with Crippen LogP contribution in [0.4, 0.5) is 0 Å². The third kappa shape index (κ3) is 4.59. The van der Waals surface area contributed by atoms with Crippen molar-refractivity contribution in [2.24, 2.45) is 16.8 Å². The molecule has 2 aromatic rings. The van der Waals surface area contributed by atoms with Gasteiger partial charge in [0.05, 0.1) is 12.5 Å². The predicted octanol–water partition coefficient (Wildman–Crippen LogP) is 4.03. The van der Waals surface area contributed by atoms with Gasteiger partial charge in [0.15, 0.2) is 5.96 Å². The average Bonchev–Trinajstić information content (AvgIpc) is 3.43. The minimum absolute atomic E-state index is 0.0413. The predicted molar refractivity (Wildman–Crippen MR) is 109 cm³/mol. The van der Waals surface area contributed by atoms with Gasteiger partial charge in [-0.25, -0.2) is 9.98 Å². The van der Waals surface area contributed by atoms with Crippen molar-refractivity contribution in [3.63, 3.8) is 0 Å². The molecule has 0 aliphatic heterocycles. The highest BCUT2D eigenvalue weighted by Gasteiger charge is 2.39. The van der Waals surface area contributed by atoms with Crippen LogP contribution in [-0.4, -0.2) is 23.5 Å². The van der Waals surface area contributed by atoms with Crippen molar-refractivity contribution in [2.45, 2.75) is 70.9 Å². The van der Waals surface area contributed by atoms with E-state index in [4.69, 9.17) is 13.8 Å². The third-order valence-electron chi connectivity index (χ3n) is 5.97. The highest BCUT2D eigenvalue weighted by atomic mass is 16.4. The lowest BCUT2D eigenvalue weighted by atomic mass is 9.94. The Kier molecular flexibility index (Phi) is 5.47. The Morgan fingerprint density at radius 2 is 2.18 bits per heavy atom. The molecule has 2 saturated carbocycles. The summed E-state index contributed by atoms with van der Waals surface area (Å²) in [4.78, 5) is 9.16. The largest absolute Gasteiger partial charge is 0.469 e. The van der Waals surface area contributed by atoms with Crippen molar-refractivity contribution in [3.8, 4) is 0 Å². The van der Waals surface area contributed by atoms with E-state index >= 15 is 0 Å². The number of aliphatic imine (C=N–C) groups is 1. The van der Waals surface area contributed by atoms with Gasteiger partial charge < -0.3 is 19.5 Å². The van der Waals surface area contributed by atoms with E-state index in [-0.39, 0.29) is 5.41 Å². The number of hydrogen-bond donors (Lipinski definition) is 2. The summed E-state index contributed by atoms with van der Waals surface area (Å²) < 4.78 is 11.3. The summed E-state index contributed by atoms with van der Waals surface area (Å²) in [5.41, 5.74) is -0.0413. The van der Waals surface area contributed by atoms with E-state index in [0.29, 0.717) is 18.5 Å². The van der Waals surface area contributed by atoms with Crippen LogP contribution in [0.2, 0.25) is 0 Å². The van der Waals surface area contributed by atoms with Crippen LogP contribution in [0.3, 0.4) is 0 Å². The van der Waals surface area contributed by atoms with Crippen LogP contribution >= 0.6 is 0 Å². The van der Waals surface area contributed by atoms with Gasteiger partial charge in [-0.15, -0.1) is 0 Å². The first-order valence-corrected chi connectivity index (χ1v) is 10.5. The summed E-state index contributed by atoms with van der Waals surface area (Å²) in [6.07, 6.45) is 9.73. The van der Waals surface area contributed by atoms with Crippen LogP contribution in [0, 0.1) is 11.8 Å². The second-order valence-corrected chi connectivity index (χ2v) is 9.21. The molecule has 0 saturated heterocycles. The zero-order valence-corrected chi connectivity index (χ0v) is 17.2. The molecular weight excluding hydrogens is 352 g/mol. The molecular formula is C22H32N4O2. The first-order chi connectivity index (χ1) is 13.5. The number of hydrogen-bond acceptors (Lipinski definition) is 4. The van der Waals surface area contributed by atoms with Crippen molar-refractivity contribution in [1.82, 2.24) is 15.6 Å². The second kappa shape index (κ2) is 8.02. The fourth-order valence-electron chi connectivity index (χ4n) is 4.39. The third-order valence-corrected chi connectivity index (χ3v) is 5.97. The number of aromatic nitrogens is 1. The van der Waals surface area contributed by atoms with Gasteiger partial charge in [-0.1, -0.05) is 27.2 Å². The molecule has 2 fully saturated rings. The highest BCUT2D eigenvalue weighted by molar-refractivity contribution is 5.80. The number of nitrogens with zero attached hydrogens (tertiary/aromatic N) is 2. The van der Waals surface area contributed by atoms with Crippen LogP contribution in [-0.2, 0) is 18.4 Å². The lowest BCUT2D eigenvalue weighted by Gasteiger charge is -2.25. The van der Waals surface area contributed by atoms with Crippen molar-refractivity contribution in [1.29, 1.82) is 0 Å². The van der Waals surface area contributed by atoms with E-state index in [0.717, 1.165) is 42.3 Å². The van der Waals surface area contributed by atoms with Crippen LogP contribution < -0.4 is 10.6 Å². The van der Waals surface area contributed by atoms with Crippen LogP contribution in [0.15, 0.2) is 38.4 Å². The Morgan fingerprint density at radius 3 is 2.82 bits per heavy atom. The first-order valence-electron chi connectivity index (χ1n) is 10.5. The minimum Gasteiger partial charge on any atom is -0.469 e. The molecule has 28 heavy (non-hydrogen) atoms. The summed E-state index contributed by atoms with van der Waals surface area (Å²) in [7, 11) is 0. The molecule has 0 radical (unpaired) electrons. The maximum absolute atomic E-state index is 5.89. The fraction of sp³-hybridized carbons (Fsp3) is 0.636. The van der Waals surface area contributed by atoms with Gasteiger partial charge in [0.1, 0.15) is 18.1 Å². The van der Waals surface area contributed by atoms with E-state index in [1.54, 1.807) is 6.26 Å². The number of nitrogens with one attached hydrogen (secondary N) is 2. The Bertz CT molecular complexity index is 788. The molecule has 6 nitrogen and oxygen atoms in total. The Hall–Kier alpha value is -2.24. The Balaban J connectivity index is 1.39. The van der Waals surface area contributed by atoms with Gasteiger partial charge in [0.25, 0.3) is 0 Å². The second-order valence-electron chi connectivity index (χ2n) is 9.21. The fourth-order valence-corrected chi connectivity index (χ4v) is 4.39. The maximum Gasteiger partial charge on any atom is 0.216 e. The molecule has 3 unspecified atom stereocenters. The summed E-state index contributed by atoms with van der Waals surface area (Å²) in [6, 6.07) is 4.46. The first kappa shape index (κ1) is 19.1. The number of rotatable bonds is 6. The Morgan fingerprint density at radius 1 is 1.29 bits per heavy atom. The average molecular weight is 385 g/mol. The lowest BCUT2D eigenvalue weighted by molar-refractivity contribution is 0.380. The van der Waals surface area contributed by atoms with Gasteiger partial charge in [0.2, 0.25) is 5.89 Å². The van der Waals surface area contributed by atoms with Gasteiger partial charge in [-0.2, -0.15) is 0 Å². The van der Waals surface area contributed by atoms with E-state index < -0.39 is 0 Å². The van der Waals surface area contributed by atoms with Gasteiger partial charge in [0, 0.05) is 24.4 Å². The molecule has 2 aliphatic carbocycles. The quantitative estimate of drug-likeness (QED) is 0.581. The van der Waals surface area contributed by atoms with Crippen molar-refractivity contribution in [2.75, 3.05) is 6.54 Å². The van der Waals surface area contributed by atoms with Crippen LogP contribution in [0.5, 0.6) is 0 Å². The summed E-state index contributed by atoms with van der Waals surface area (Å²) >= 11 is 0. The topological polar surface area (TPSA) is 75.6 Å². The molecule has 2 aromatic heterocycles. The van der Waals surface area contributed by atoms with Crippen molar-refractivity contribution < 1.29 is 8.83 Å². The van der Waals surface area contributed by atoms with E-state index in [1.807, 2.05) is 18.3 Å². The normalized spacial score (nSPS) is 24.7. The molecule has 2 bridgehead atoms. The molecule has 6 heteroatoms. The smallest absolute Gasteiger partial charge is 0.216 e. The molecule has 2 aliphatic rings. The lowest BCUT2D eigenvalue weighted by Crippen LogP contribution is -2.46. The molecule has 0 aromatic carbocycles. The molecule has 2 heterocycles. The van der Waals surface area contributed by atoms with Crippen LogP contribution in [0.1, 0.15) is 63.9 Å². The zero-order valence-electron chi connectivity index (χ0n) is 17.2. The highest BCUT2D eigenvalue weighted by Crippen LogP contribution is 2.44. The molecule has 152 valence electrons. The van der Waals surface area contributed by atoms with Crippen LogP contribution in [0.25, 0.3) is 0 Å². The molecule has 0 spiro atoms. The number of guanidine groups is 1. The zero-order chi connectivity index (χ0) is 19.6. The monoisotopic (exact) mass is 384 g/mol. The standard InChI is InChI=1S/C22H32N4O2/c1-22(2,3)19-13-24-20(28-19)14-25-21(23-9-8-17-5-4-10-27-17)26-18-12-15-6-7-16(18)11-15/h4-5,10,13,15-16,18H,6-9,11-12,14H2,1-3H3,(H2,23,25,26). The number of oxazole rings is 1. The SMILES string of the molecule is CC(C)(C)c1cnc(CN=C(NCCc2ccco2)NC2CC3CCC2C3)o1. The molecule has 0 amide bonds. The van der Waals surface area contributed by atoms with E-state index in [2.05, 4.69) is 36.4 Å². The number of fused-ring (bicyclic) bond motifs is 2. The maximum atomic E-state index is 5.89. The van der Waals surface area contributed by atoms with Crippen molar-refractivity contribution in [3.05, 3.63) is 42.0 Å². The van der Waals surface area contributed by atoms with Crippen molar-refractivity contribution >= 4 is 5.96 Å². The molecule has 2 N–H and O–H groups in total. The van der Waals surface area contributed by atoms with E-state index in [9.17, 15) is 0 Å². The number of furan rings is 1. The summed E-state index contributed by atoms with van der Waals surface area (Å²) in [5, 5.41) is 7.13. The molecule has 3 atom stereocenters. The Labute approximate surface area is 167 Å². The van der Waals surface area contributed by atoms with E-state index in [1.165, 1.54) is 25.7 Å².